The molecule has 0 spiro atoms. The van der Waals surface area contributed by atoms with E-state index in [1.807, 2.05) is 30.0 Å². The number of fused-ring (bicyclic) bond motifs is 2. The number of carboxylic acid groups (broad SMARTS) is 1. The second-order valence-electron chi connectivity index (χ2n) is 7.89. The number of hydrogen-bond acceptors (Lipinski definition) is 12. The van der Waals surface area contributed by atoms with Crippen LogP contribution in [0.25, 0.3) is 10.2 Å². The molecule has 5 heterocycles. The van der Waals surface area contributed by atoms with Crippen molar-refractivity contribution in [3.8, 4) is 0 Å². The van der Waals surface area contributed by atoms with Crippen molar-refractivity contribution in [3.05, 3.63) is 45.8 Å². The predicted molar refractivity (Wildman–Crippen MR) is 132 cm³/mol. The predicted octanol–water partition coefficient (Wildman–Crippen LogP) is -0.614. The van der Waals surface area contributed by atoms with E-state index in [9.17, 15) is 19.5 Å². The van der Waals surface area contributed by atoms with Gasteiger partial charge in [-0.3, -0.25) is 14.5 Å². The SMILES string of the molecule is CO/N=C(\C(=O)N[C@@H]1C(=O)N2C(C(=O)[O-])=C(C[n+]3ccc4sc(C)nc4c3)CS[C@H]12)c1csc(N)n1. The van der Waals surface area contributed by atoms with Gasteiger partial charge in [-0.25, -0.2) is 9.97 Å². The third-order valence-corrected chi connectivity index (χ3v) is 8.52. The molecular weight excluding hydrogens is 526 g/mol. The van der Waals surface area contributed by atoms with Gasteiger partial charge >= 0.3 is 0 Å². The number of nitrogens with zero attached hydrogens (tertiary/aromatic N) is 5. The average Bonchev–Trinajstić information content (AvgIpc) is 3.44. The van der Waals surface area contributed by atoms with Crippen molar-refractivity contribution in [2.45, 2.75) is 24.9 Å². The largest absolute Gasteiger partial charge is 0.543 e. The molecule has 5 rings (SSSR count). The van der Waals surface area contributed by atoms with Crippen molar-refractivity contribution in [2.75, 3.05) is 18.6 Å². The number of rotatable bonds is 7. The highest BCUT2D eigenvalue weighted by Crippen LogP contribution is 2.40. The van der Waals surface area contributed by atoms with Crippen LogP contribution in [0, 0.1) is 6.92 Å². The van der Waals surface area contributed by atoms with Gasteiger partial charge in [0.05, 0.1) is 21.4 Å². The number of aliphatic carboxylic acids is 1. The summed E-state index contributed by atoms with van der Waals surface area (Å²) < 4.78 is 2.86. The fourth-order valence-electron chi connectivity index (χ4n) is 4.05. The molecule has 3 aromatic rings. The van der Waals surface area contributed by atoms with E-state index < -0.39 is 29.2 Å². The summed E-state index contributed by atoms with van der Waals surface area (Å²) >= 11 is 4.06. The lowest BCUT2D eigenvalue weighted by Crippen LogP contribution is -2.71. The number of amides is 2. The van der Waals surface area contributed by atoms with Gasteiger partial charge in [0.1, 0.15) is 29.7 Å². The number of carbonyl (C=O) groups is 3. The number of oxime groups is 1. The van der Waals surface area contributed by atoms with Gasteiger partial charge in [-0.2, -0.15) is 4.57 Å². The van der Waals surface area contributed by atoms with Crippen molar-refractivity contribution in [1.29, 1.82) is 0 Å². The summed E-state index contributed by atoms with van der Waals surface area (Å²) in [5.41, 5.74) is 6.89. The van der Waals surface area contributed by atoms with Crippen molar-refractivity contribution >= 4 is 73.3 Å². The molecule has 186 valence electrons. The Morgan fingerprint density at radius 2 is 2.22 bits per heavy atom. The number of nitrogens with one attached hydrogen (secondary N) is 1. The number of carbonyl (C=O) groups excluding carboxylic acids is 3. The molecule has 3 N–H and O–H groups in total. The minimum absolute atomic E-state index is 0.141. The lowest BCUT2D eigenvalue weighted by atomic mass is 10.0. The molecule has 15 heteroatoms. The number of thioether (sulfide) groups is 1. The highest BCUT2D eigenvalue weighted by molar-refractivity contribution is 8.00. The van der Waals surface area contributed by atoms with Crippen molar-refractivity contribution in [1.82, 2.24) is 20.2 Å². The van der Waals surface area contributed by atoms with E-state index >= 15 is 0 Å². The first-order chi connectivity index (χ1) is 17.3. The Hall–Kier alpha value is -3.56. The van der Waals surface area contributed by atoms with Crippen LogP contribution in [0.3, 0.4) is 0 Å². The molecular formula is C21H19N7O5S3. The maximum Gasteiger partial charge on any atom is 0.276 e. The Morgan fingerprint density at radius 1 is 1.42 bits per heavy atom. The molecule has 0 unspecified atom stereocenters. The Balaban J connectivity index is 1.36. The van der Waals surface area contributed by atoms with Crippen LogP contribution in [0.5, 0.6) is 0 Å². The minimum Gasteiger partial charge on any atom is -0.543 e. The van der Waals surface area contributed by atoms with Crippen LogP contribution in [0.1, 0.15) is 10.7 Å². The maximum absolute atomic E-state index is 13.0. The van der Waals surface area contributed by atoms with Crippen LogP contribution in [0.4, 0.5) is 5.13 Å². The number of β-lactam (4-membered cyclic amide) rings is 1. The molecule has 0 aliphatic carbocycles. The lowest BCUT2D eigenvalue weighted by Gasteiger charge is -2.50. The van der Waals surface area contributed by atoms with Gasteiger partial charge in [-0.1, -0.05) is 5.16 Å². The van der Waals surface area contributed by atoms with E-state index in [4.69, 9.17) is 10.6 Å². The van der Waals surface area contributed by atoms with Crippen LogP contribution in [-0.4, -0.2) is 62.6 Å². The second kappa shape index (κ2) is 9.48. The van der Waals surface area contributed by atoms with Crippen molar-refractivity contribution in [3.63, 3.8) is 0 Å². The highest BCUT2D eigenvalue weighted by atomic mass is 32.2. The zero-order chi connectivity index (χ0) is 25.6. The van der Waals surface area contributed by atoms with E-state index in [0.29, 0.717) is 11.3 Å². The molecule has 2 amide bonds. The summed E-state index contributed by atoms with van der Waals surface area (Å²) in [4.78, 5) is 52.4. The van der Waals surface area contributed by atoms with E-state index in [0.717, 1.165) is 26.6 Å². The average molecular weight is 546 g/mol. The van der Waals surface area contributed by atoms with E-state index in [1.165, 1.54) is 23.8 Å². The van der Waals surface area contributed by atoms with E-state index in [-0.39, 0.29) is 28.8 Å². The smallest absolute Gasteiger partial charge is 0.276 e. The second-order valence-corrected chi connectivity index (χ2v) is 11.1. The first-order valence-electron chi connectivity index (χ1n) is 10.5. The normalized spacial score (nSPS) is 19.8. The number of thiazole rings is 2. The van der Waals surface area contributed by atoms with Crippen LogP contribution in [0.15, 0.2) is 40.3 Å². The summed E-state index contributed by atoms with van der Waals surface area (Å²) in [6.07, 6.45) is 3.69. The van der Waals surface area contributed by atoms with Crippen LogP contribution >= 0.6 is 34.4 Å². The number of nitrogens with two attached hydrogens (primary N) is 1. The minimum atomic E-state index is -1.45. The molecule has 1 saturated heterocycles. The molecule has 0 aromatic carbocycles. The third-order valence-electron chi connectivity index (χ3n) is 5.56. The summed E-state index contributed by atoms with van der Waals surface area (Å²) in [6.45, 7) is 2.18. The molecule has 0 radical (unpaired) electrons. The number of pyridine rings is 1. The van der Waals surface area contributed by atoms with Gasteiger partial charge in [-0.05, 0) is 6.92 Å². The quantitative estimate of drug-likeness (QED) is 0.170. The van der Waals surface area contributed by atoms with Crippen LogP contribution in [0.2, 0.25) is 0 Å². The number of hydrogen-bond donors (Lipinski definition) is 2. The molecule has 12 nitrogen and oxygen atoms in total. The number of aromatic nitrogens is 3. The molecule has 0 bridgehead atoms. The fourth-order valence-corrected chi connectivity index (χ4v) is 6.73. The zero-order valence-corrected chi connectivity index (χ0v) is 21.4. The molecule has 2 aliphatic heterocycles. The first-order valence-corrected chi connectivity index (χ1v) is 13.3. The van der Waals surface area contributed by atoms with Crippen LogP contribution in [-0.2, 0) is 25.8 Å². The topological polar surface area (TPSA) is 167 Å². The number of carboxylic acids is 1. The standard InChI is InChI=1S/C21H19N7O5S3/c1-9-23-11-6-27(4-3-13(11)36-9)5-10-7-34-19-15(18(30)28(19)16(10)20(31)32)25-17(29)14(26-33-2)12-8-35-21(22)24-12/h3-4,6,8,15,19H,5,7H2,1-2H3,(H3-,22,24,25,29,31,32)/b26-14-/t15-,19-/m1/s1. The Morgan fingerprint density at radius 3 is 2.92 bits per heavy atom. The molecule has 0 saturated carbocycles. The van der Waals surface area contributed by atoms with Gasteiger partial charge in [-0.15, -0.1) is 34.4 Å². The highest BCUT2D eigenvalue weighted by Gasteiger charge is 2.53. The third kappa shape index (κ3) is 4.29. The van der Waals surface area contributed by atoms with Gasteiger partial charge in [0.25, 0.3) is 11.8 Å². The molecule has 2 aliphatic rings. The monoisotopic (exact) mass is 545 g/mol. The lowest BCUT2D eigenvalue weighted by molar-refractivity contribution is -0.687. The van der Waals surface area contributed by atoms with Gasteiger partial charge < -0.3 is 25.8 Å². The summed E-state index contributed by atoms with van der Waals surface area (Å²) in [5, 5.41) is 20.5. The van der Waals surface area contributed by atoms with E-state index in [2.05, 4.69) is 20.4 Å². The van der Waals surface area contributed by atoms with Gasteiger partial charge in [0.2, 0.25) is 0 Å². The van der Waals surface area contributed by atoms with Crippen molar-refractivity contribution < 1.29 is 28.9 Å². The van der Waals surface area contributed by atoms with E-state index in [1.54, 1.807) is 16.7 Å². The van der Waals surface area contributed by atoms with Gasteiger partial charge in [0.15, 0.2) is 29.8 Å². The number of nitrogen functional groups attached to an aromatic ring is 1. The summed E-state index contributed by atoms with van der Waals surface area (Å²) in [6, 6.07) is 0.978. The Labute approximate surface area is 216 Å². The fraction of sp³-hybridized carbons (Fsp3) is 0.286. The molecule has 36 heavy (non-hydrogen) atoms. The Bertz CT molecular complexity index is 1460. The van der Waals surface area contributed by atoms with Crippen molar-refractivity contribution in [2.24, 2.45) is 5.16 Å². The number of aryl methyl sites for hydroxylation is 1. The summed E-state index contributed by atoms with van der Waals surface area (Å²) in [7, 11) is 1.28. The Kier molecular flexibility index (Phi) is 6.36. The number of anilines is 1. The maximum atomic E-state index is 13.0. The first kappa shape index (κ1) is 24.1. The molecule has 2 atom stereocenters. The van der Waals surface area contributed by atoms with Gasteiger partial charge in [0, 0.05) is 22.8 Å². The summed E-state index contributed by atoms with van der Waals surface area (Å²) in [5.74, 6) is -2.35. The molecule has 1 fully saturated rings. The molecule has 3 aromatic heterocycles. The zero-order valence-electron chi connectivity index (χ0n) is 19.0. The van der Waals surface area contributed by atoms with Crippen LogP contribution < -0.4 is 20.7 Å².